The highest BCUT2D eigenvalue weighted by Gasteiger charge is 2.71. The topological polar surface area (TPSA) is 46.5 Å². The minimum absolute atomic E-state index is 0.144. The van der Waals surface area contributed by atoms with Gasteiger partial charge in [0.05, 0.1) is 12.2 Å². The fourth-order valence-electron chi connectivity index (χ4n) is 2.43. The van der Waals surface area contributed by atoms with E-state index in [1.807, 2.05) is 0 Å². The monoisotopic (exact) mass is 392 g/mol. The molecule has 1 N–H and O–H groups in total. The Bertz CT molecular complexity index is 795. The molecule has 0 saturated heterocycles. The van der Waals surface area contributed by atoms with E-state index in [9.17, 15) is 36.2 Å². The first-order valence-corrected chi connectivity index (χ1v) is 7.65. The molecular formula is C18H14F6O3. The third-order valence-corrected chi connectivity index (χ3v) is 3.83. The van der Waals surface area contributed by atoms with Gasteiger partial charge in [0.25, 0.3) is 5.60 Å². The van der Waals surface area contributed by atoms with Crippen molar-refractivity contribution in [1.82, 2.24) is 0 Å². The highest BCUT2D eigenvalue weighted by atomic mass is 19.4. The summed E-state index contributed by atoms with van der Waals surface area (Å²) in [5, 5.41) is 9.38. The molecule has 0 bridgehead atoms. The number of benzene rings is 2. The van der Waals surface area contributed by atoms with E-state index in [4.69, 9.17) is 4.74 Å². The maximum Gasteiger partial charge on any atom is 0.430 e. The van der Waals surface area contributed by atoms with E-state index < -0.39 is 29.5 Å². The predicted octanol–water partition coefficient (Wildman–Crippen LogP) is 4.84. The van der Waals surface area contributed by atoms with Gasteiger partial charge in [0, 0.05) is 5.56 Å². The van der Waals surface area contributed by atoms with Crippen LogP contribution >= 0.6 is 0 Å². The van der Waals surface area contributed by atoms with E-state index in [-0.39, 0.29) is 17.7 Å². The third-order valence-electron chi connectivity index (χ3n) is 3.83. The van der Waals surface area contributed by atoms with Crippen LogP contribution in [0.15, 0.2) is 48.5 Å². The summed E-state index contributed by atoms with van der Waals surface area (Å²) in [6, 6.07) is 8.98. The Labute approximate surface area is 150 Å². The molecule has 0 saturated carbocycles. The van der Waals surface area contributed by atoms with Crippen LogP contribution in [0, 0.1) is 0 Å². The molecule has 0 atom stereocenters. The van der Waals surface area contributed by atoms with E-state index in [0.29, 0.717) is 17.7 Å². The van der Waals surface area contributed by atoms with Crippen molar-refractivity contribution in [2.45, 2.75) is 24.9 Å². The van der Waals surface area contributed by atoms with Crippen molar-refractivity contribution in [2.24, 2.45) is 0 Å². The Morgan fingerprint density at radius 3 is 1.96 bits per heavy atom. The van der Waals surface area contributed by atoms with Gasteiger partial charge in [-0.15, -0.1) is 0 Å². The predicted molar refractivity (Wildman–Crippen MR) is 83.8 cm³/mol. The van der Waals surface area contributed by atoms with Gasteiger partial charge in [0.15, 0.2) is 0 Å². The third kappa shape index (κ3) is 3.92. The summed E-state index contributed by atoms with van der Waals surface area (Å²) in [5.41, 5.74) is -5.51. The molecule has 27 heavy (non-hydrogen) atoms. The van der Waals surface area contributed by atoms with Gasteiger partial charge in [0.2, 0.25) is 0 Å². The van der Waals surface area contributed by atoms with E-state index in [1.165, 1.54) is 24.3 Å². The minimum Gasteiger partial charge on any atom is -0.462 e. The van der Waals surface area contributed by atoms with Crippen molar-refractivity contribution in [1.29, 1.82) is 0 Å². The van der Waals surface area contributed by atoms with Gasteiger partial charge in [0.1, 0.15) is 0 Å². The molecule has 0 radical (unpaired) electrons. The van der Waals surface area contributed by atoms with Crippen LogP contribution in [0.5, 0.6) is 0 Å². The summed E-state index contributed by atoms with van der Waals surface area (Å²) in [4.78, 5) is 11.7. The van der Waals surface area contributed by atoms with Gasteiger partial charge in [-0.3, -0.25) is 0 Å². The Balaban J connectivity index is 2.43. The lowest BCUT2D eigenvalue weighted by atomic mass is 9.90. The summed E-state index contributed by atoms with van der Waals surface area (Å²) < 4.78 is 82.3. The Hall–Kier alpha value is -2.55. The van der Waals surface area contributed by atoms with Crippen molar-refractivity contribution in [2.75, 3.05) is 6.61 Å². The molecule has 0 spiro atoms. The summed E-state index contributed by atoms with van der Waals surface area (Å²) in [5.74, 6) is -0.612. The summed E-state index contributed by atoms with van der Waals surface area (Å²) in [6.45, 7) is 1.76. The van der Waals surface area contributed by atoms with Gasteiger partial charge in [-0.25, -0.2) is 4.79 Å². The molecule has 2 aromatic rings. The molecule has 9 heteroatoms. The first-order chi connectivity index (χ1) is 12.4. The number of rotatable bonds is 4. The molecule has 0 aliphatic rings. The van der Waals surface area contributed by atoms with Gasteiger partial charge < -0.3 is 9.84 Å². The second kappa shape index (κ2) is 7.22. The van der Waals surface area contributed by atoms with E-state index in [2.05, 4.69) is 0 Å². The van der Waals surface area contributed by atoms with Crippen molar-refractivity contribution < 1.29 is 41.0 Å². The molecule has 0 aromatic heterocycles. The number of alkyl halides is 6. The van der Waals surface area contributed by atoms with Crippen LogP contribution in [0.2, 0.25) is 0 Å². The van der Waals surface area contributed by atoms with Crippen molar-refractivity contribution >= 4 is 5.97 Å². The van der Waals surface area contributed by atoms with Crippen LogP contribution in [-0.4, -0.2) is 30.0 Å². The van der Waals surface area contributed by atoms with Gasteiger partial charge in [-0.05, 0) is 30.2 Å². The number of hydrogen-bond donors (Lipinski definition) is 1. The standard InChI is InChI=1S/C18H14F6O3/c1-2-27-15(25)13-5-3-4-12(10-13)11-6-8-14(9-7-11)16(26,17(19,20)21)18(22,23)24/h3-10,26H,2H2,1H3. The SMILES string of the molecule is CCOC(=O)c1cccc(-c2ccc(C(O)(C(F)(F)F)C(F)(F)F)cc2)c1. The van der Waals surface area contributed by atoms with E-state index in [0.717, 1.165) is 12.1 Å². The Morgan fingerprint density at radius 2 is 1.48 bits per heavy atom. The zero-order chi connectivity index (χ0) is 20.5. The maximum atomic E-state index is 12.9. The molecule has 0 unspecified atom stereocenters. The number of carbonyl (C=O) groups excluding carboxylic acids is 1. The van der Waals surface area contributed by atoms with Crippen LogP contribution in [0.25, 0.3) is 11.1 Å². The van der Waals surface area contributed by atoms with Crippen LogP contribution in [0.3, 0.4) is 0 Å². The number of ether oxygens (including phenoxy) is 1. The molecule has 0 aliphatic heterocycles. The molecule has 2 rings (SSSR count). The van der Waals surface area contributed by atoms with Crippen molar-refractivity contribution in [3.05, 3.63) is 59.7 Å². The second-order valence-corrected chi connectivity index (χ2v) is 5.58. The maximum absolute atomic E-state index is 12.9. The number of esters is 1. The lowest BCUT2D eigenvalue weighted by Gasteiger charge is -2.32. The number of hydrogen-bond acceptors (Lipinski definition) is 3. The molecule has 0 heterocycles. The highest BCUT2D eigenvalue weighted by molar-refractivity contribution is 5.91. The number of halogens is 6. The van der Waals surface area contributed by atoms with E-state index >= 15 is 0 Å². The summed E-state index contributed by atoms with van der Waals surface area (Å²) >= 11 is 0. The largest absolute Gasteiger partial charge is 0.462 e. The lowest BCUT2D eigenvalue weighted by Crippen LogP contribution is -2.53. The lowest BCUT2D eigenvalue weighted by molar-refractivity contribution is -0.376. The zero-order valence-electron chi connectivity index (χ0n) is 13.9. The Morgan fingerprint density at radius 1 is 0.926 bits per heavy atom. The molecule has 2 aromatic carbocycles. The number of carbonyl (C=O) groups is 1. The quantitative estimate of drug-likeness (QED) is 0.598. The normalized spacial score (nSPS) is 12.7. The smallest absolute Gasteiger partial charge is 0.430 e. The van der Waals surface area contributed by atoms with Crippen LogP contribution in [-0.2, 0) is 10.3 Å². The van der Waals surface area contributed by atoms with Crippen LogP contribution in [0.4, 0.5) is 26.3 Å². The molecular weight excluding hydrogens is 378 g/mol. The fraction of sp³-hybridized carbons (Fsp3) is 0.278. The van der Waals surface area contributed by atoms with Gasteiger partial charge in [-0.2, -0.15) is 26.3 Å². The first kappa shape index (κ1) is 20.8. The molecule has 0 amide bonds. The van der Waals surface area contributed by atoms with Crippen LogP contribution in [0.1, 0.15) is 22.8 Å². The summed E-state index contributed by atoms with van der Waals surface area (Å²) in [6.07, 6.45) is -11.9. The molecule has 0 fully saturated rings. The van der Waals surface area contributed by atoms with Crippen molar-refractivity contribution in [3.8, 4) is 11.1 Å². The number of aliphatic hydroxyl groups is 1. The van der Waals surface area contributed by atoms with Gasteiger partial charge >= 0.3 is 18.3 Å². The second-order valence-electron chi connectivity index (χ2n) is 5.58. The first-order valence-electron chi connectivity index (χ1n) is 7.65. The average Bonchev–Trinajstić information content (AvgIpc) is 2.59. The van der Waals surface area contributed by atoms with Gasteiger partial charge in [-0.1, -0.05) is 36.4 Å². The molecule has 3 nitrogen and oxygen atoms in total. The average molecular weight is 392 g/mol. The summed E-state index contributed by atoms with van der Waals surface area (Å²) in [7, 11) is 0. The van der Waals surface area contributed by atoms with E-state index in [1.54, 1.807) is 6.92 Å². The highest BCUT2D eigenvalue weighted by Crippen LogP contribution is 2.50. The zero-order valence-corrected chi connectivity index (χ0v) is 13.9. The van der Waals surface area contributed by atoms with Crippen molar-refractivity contribution in [3.63, 3.8) is 0 Å². The molecule has 0 aliphatic carbocycles. The Kier molecular flexibility index (Phi) is 5.55. The fourth-order valence-corrected chi connectivity index (χ4v) is 2.43. The van der Waals surface area contributed by atoms with Crippen LogP contribution < -0.4 is 0 Å². The molecule has 146 valence electrons. The minimum atomic E-state index is -5.95.